The summed E-state index contributed by atoms with van der Waals surface area (Å²) in [6.07, 6.45) is 6.73. The van der Waals surface area contributed by atoms with Crippen LogP contribution in [0.15, 0.2) is 0 Å². The highest BCUT2D eigenvalue weighted by Gasteiger charge is 2.41. The van der Waals surface area contributed by atoms with Gasteiger partial charge in [-0.3, -0.25) is 0 Å². The number of hydrogen-bond donors (Lipinski definition) is 1. The van der Waals surface area contributed by atoms with Crippen LogP contribution in [-0.4, -0.2) is 26.3 Å². The first-order valence-corrected chi connectivity index (χ1v) is 6.90. The summed E-state index contributed by atoms with van der Waals surface area (Å²) in [5.74, 6) is 1.70. The van der Waals surface area contributed by atoms with Gasteiger partial charge in [-0.2, -0.15) is 0 Å². The van der Waals surface area contributed by atoms with E-state index in [4.69, 9.17) is 4.74 Å². The fourth-order valence-corrected chi connectivity index (χ4v) is 3.86. The first-order valence-electron chi connectivity index (χ1n) is 6.90. The molecular weight excluding hydrogens is 198 g/mol. The second-order valence-corrected chi connectivity index (χ2v) is 6.25. The molecule has 0 amide bonds. The average molecular weight is 225 g/mol. The number of rotatable bonds is 3. The molecule has 0 aromatic heterocycles. The minimum absolute atomic E-state index is 0.534. The lowest BCUT2D eigenvalue weighted by Gasteiger charge is -2.40. The van der Waals surface area contributed by atoms with Crippen molar-refractivity contribution >= 4 is 0 Å². The summed E-state index contributed by atoms with van der Waals surface area (Å²) in [5, 5.41) is 3.61. The molecule has 16 heavy (non-hydrogen) atoms. The molecule has 1 saturated carbocycles. The van der Waals surface area contributed by atoms with Crippen molar-refractivity contribution in [3.8, 4) is 0 Å². The molecule has 0 aromatic carbocycles. The van der Waals surface area contributed by atoms with Gasteiger partial charge < -0.3 is 10.1 Å². The van der Waals surface area contributed by atoms with E-state index in [2.05, 4.69) is 26.2 Å². The Balaban J connectivity index is 2.03. The van der Waals surface area contributed by atoms with E-state index in [1.165, 1.54) is 32.1 Å². The van der Waals surface area contributed by atoms with E-state index in [9.17, 15) is 0 Å². The Morgan fingerprint density at radius 2 is 1.88 bits per heavy atom. The van der Waals surface area contributed by atoms with Gasteiger partial charge in [0, 0.05) is 19.3 Å². The molecular formula is C14H27NO. The van der Waals surface area contributed by atoms with Crippen molar-refractivity contribution in [1.82, 2.24) is 5.32 Å². The molecule has 1 N–H and O–H groups in total. The van der Waals surface area contributed by atoms with Crippen LogP contribution in [0.4, 0.5) is 0 Å². The van der Waals surface area contributed by atoms with Gasteiger partial charge in [-0.15, -0.1) is 0 Å². The maximum absolute atomic E-state index is 5.48. The first kappa shape index (κ1) is 12.4. The van der Waals surface area contributed by atoms with Gasteiger partial charge in [-0.25, -0.2) is 0 Å². The molecule has 2 rings (SSSR count). The second-order valence-electron chi connectivity index (χ2n) is 6.25. The van der Waals surface area contributed by atoms with E-state index in [-0.39, 0.29) is 0 Å². The standard InChI is InChI=1S/C14H27NO/c1-14(2)8-4-5-12(14)13(15-3)11-6-9-16-10-7-11/h11-13,15H,4-10H2,1-3H3. The van der Waals surface area contributed by atoms with Gasteiger partial charge in [0.1, 0.15) is 0 Å². The van der Waals surface area contributed by atoms with Gasteiger partial charge in [-0.1, -0.05) is 20.3 Å². The Bertz CT molecular complexity index is 221. The highest BCUT2D eigenvalue weighted by molar-refractivity contribution is 4.95. The monoisotopic (exact) mass is 225 g/mol. The number of nitrogens with one attached hydrogen (secondary N) is 1. The van der Waals surface area contributed by atoms with Gasteiger partial charge in [0.05, 0.1) is 0 Å². The van der Waals surface area contributed by atoms with Crippen molar-refractivity contribution in [2.45, 2.75) is 52.0 Å². The molecule has 0 radical (unpaired) electrons. The molecule has 1 aliphatic heterocycles. The average Bonchev–Trinajstić information content (AvgIpc) is 2.62. The summed E-state index contributed by atoms with van der Waals surface area (Å²) in [4.78, 5) is 0. The van der Waals surface area contributed by atoms with E-state index >= 15 is 0 Å². The minimum atomic E-state index is 0.534. The Morgan fingerprint density at radius 3 is 2.38 bits per heavy atom. The molecule has 1 aliphatic carbocycles. The lowest BCUT2D eigenvalue weighted by molar-refractivity contribution is 0.0347. The molecule has 2 nitrogen and oxygen atoms in total. The Hall–Kier alpha value is -0.0800. The number of ether oxygens (including phenoxy) is 1. The minimum Gasteiger partial charge on any atom is -0.381 e. The van der Waals surface area contributed by atoms with Crippen LogP contribution in [0.25, 0.3) is 0 Å². The first-order chi connectivity index (χ1) is 7.65. The van der Waals surface area contributed by atoms with Crippen LogP contribution < -0.4 is 5.32 Å². The maximum Gasteiger partial charge on any atom is 0.0469 e. The summed E-state index contributed by atoms with van der Waals surface area (Å²) in [7, 11) is 2.15. The highest BCUT2D eigenvalue weighted by Crippen LogP contribution is 2.46. The highest BCUT2D eigenvalue weighted by atomic mass is 16.5. The van der Waals surface area contributed by atoms with Crippen molar-refractivity contribution in [3.05, 3.63) is 0 Å². The van der Waals surface area contributed by atoms with Crippen LogP contribution in [0.3, 0.4) is 0 Å². The van der Waals surface area contributed by atoms with E-state index in [0.717, 1.165) is 25.0 Å². The van der Waals surface area contributed by atoms with Crippen LogP contribution in [0.2, 0.25) is 0 Å². The van der Waals surface area contributed by atoms with E-state index in [0.29, 0.717) is 11.5 Å². The molecule has 2 fully saturated rings. The zero-order valence-corrected chi connectivity index (χ0v) is 11.1. The Morgan fingerprint density at radius 1 is 1.19 bits per heavy atom. The van der Waals surface area contributed by atoms with E-state index in [1.807, 2.05) is 0 Å². The quantitative estimate of drug-likeness (QED) is 0.797. The van der Waals surface area contributed by atoms with Gasteiger partial charge in [-0.05, 0) is 50.0 Å². The van der Waals surface area contributed by atoms with Gasteiger partial charge in [0.2, 0.25) is 0 Å². The molecule has 1 saturated heterocycles. The largest absolute Gasteiger partial charge is 0.381 e. The van der Waals surface area contributed by atoms with Crippen LogP contribution in [0.1, 0.15) is 46.0 Å². The molecule has 2 unspecified atom stereocenters. The normalized spacial score (nSPS) is 32.8. The van der Waals surface area contributed by atoms with Crippen molar-refractivity contribution in [2.24, 2.45) is 17.3 Å². The van der Waals surface area contributed by atoms with E-state index in [1.54, 1.807) is 0 Å². The third-order valence-corrected chi connectivity index (χ3v) is 4.88. The van der Waals surface area contributed by atoms with Crippen LogP contribution >= 0.6 is 0 Å². The molecule has 0 aromatic rings. The maximum atomic E-state index is 5.48. The summed E-state index contributed by atoms with van der Waals surface area (Å²) < 4.78 is 5.48. The predicted octanol–water partition coefficient (Wildman–Crippen LogP) is 2.83. The second kappa shape index (κ2) is 5.05. The molecule has 2 heteroatoms. The van der Waals surface area contributed by atoms with Gasteiger partial charge >= 0.3 is 0 Å². The molecule has 94 valence electrons. The summed E-state index contributed by atoms with van der Waals surface area (Å²) in [6.45, 7) is 6.84. The van der Waals surface area contributed by atoms with Crippen LogP contribution in [0, 0.1) is 17.3 Å². The Labute approximate surface area is 100 Å². The number of hydrogen-bond acceptors (Lipinski definition) is 2. The van der Waals surface area contributed by atoms with Crippen LogP contribution in [-0.2, 0) is 4.74 Å². The summed E-state index contributed by atoms with van der Waals surface area (Å²) in [5.41, 5.74) is 0.534. The van der Waals surface area contributed by atoms with Crippen molar-refractivity contribution < 1.29 is 4.74 Å². The van der Waals surface area contributed by atoms with Gasteiger partial charge in [0.25, 0.3) is 0 Å². The zero-order chi connectivity index (χ0) is 11.6. The molecule has 2 atom stereocenters. The van der Waals surface area contributed by atoms with E-state index < -0.39 is 0 Å². The smallest absolute Gasteiger partial charge is 0.0469 e. The fraction of sp³-hybridized carbons (Fsp3) is 1.00. The topological polar surface area (TPSA) is 21.3 Å². The Kier molecular flexibility index (Phi) is 3.91. The van der Waals surface area contributed by atoms with Crippen molar-refractivity contribution in [3.63, 3.8) is 0 Å². The van der Waals surface area contributed by atoms with Crippen molar-refractivity contribution in [1.29, 1.82) is 0 Å². The van der Waals surface area contributed by atoms with Crippen molar-refractivity contribution in [2.75, 3.05) is 20.3 Å². The zero-order valence-electron chi connectivity index (χ0n) is 11.1. The third-order valence-electron chi connectivity index (χ3n) is 4.88. The molecule has 1 heterocycles. The SMILES string of the molecule is CNC(C1CCOCC1)C1CCCC1(C)C. The molecule has 0 bridgehead atoms. The van der Waals surface area contributed by atoms with Crippen LogP contribution in [0.5, 0.6) is 0 Å². The lowest BCUT2D eigenvalue weighted by Crippen LogP contribution is -2.46. The summed E-state index contributed by atoms with van der Waals surface area (Å²) >= 11 is 0. The molecule has 2 aliphatic rings. The summed E-state index contributed by atoms with van der Waals surface area (Å²) in [6, 6.07) is 0.710. The van der Waals surface area contributed by atoms with Gasteiger partial charge in [0.15, 0.2) is 0 Å². The lowest BCUT2D eigenvalue weighted by atomic mass is 9.72. The molecule has 0 spiro atoms. The predicted molar refractivity (Wildman–Crippen MR) is 67.5 cm³/mol. The third kappa shape index (κ3) is 2.43. The fourth-order valence-electron chi connectivity index (χ4n) is 3.86.